The van der Waals surface area contributed by atoms with Crippen molar-refractivity contribution in [2.45, 2.75) is 6.18 Å². The molecule has 0 N–H and O–H groups in total. The maximum absolute atomic E-state index is 12.5. The molecule has 0 atom stereocenters. The predicted octanol–water partition coefficient (Wildman–Crippen LogP) is 4.49. The molecular formula is C20H19F3N2O4S. The van der Waals surface area contributed by atoms with Crippen molar-refractivity contribution in [2.24, 2.45) is 0 Å². The van der Waals surface area contributed by atoms with Crippen molar-refractivity contribution in [3.8, 4) is 17.1 Å². The minimum absolute atomic E-state index is 0.0275. The van der Waals surface area contributed by atoms with Crippen LogP contribution in [0.25, 0.3) is 17.4 Å². The van der Waals surface area contributed by atoms with Gasteiger partial charge in [0.15, 0.2) is 6.61 Å². The number of hydrogen-bond acceptors (Lipinski definition) is 6. The Kier molecular flexibility index (Phi) is 6.57. The van der Waals surface area contributed by atoms with Gasteiger partial charge in [0.2, 0.25) is 0 Å². The number of halogens is 3. The molecule has 30 heavy (non-hydrogen) atoms. The van der Waals surface area contributed by atoms with Gasteiger partial charge in [-0.25, -0.2) is 0 Å². The molecule has 1 saturated heterocycles. The van der Waals surface area contributed by atoms with Crippen LogP contribution in [0.2, 0.25) is 0 Å². The summed E-state index contributed by atoms with van der Waals surface area (Å²) in [6, 6.07) is 9.33. The second-order valence-corrected chi connectivity index (χ2v) is 7.73. The molecule has 0 bridgehead atoms. The van der Waals surface area contributed by atoms with Crippen LogP contribution in [0.4, 0.5) is 18.0 Å². The van der Waals surface area contributed by atoms with Crippen LogP contribution in [0.1, 0.15) is 5.76 Å². The number of carbonyl (C=O) groups is 2. The Bertz CT molecular complexity index is 969. The lowest BCUT2D eigenvalue weighted by atomic mass is 10.1. The molecular weight excluding hydrogens is 421 g/mol. The highest BCUT2D eigenvalue weighted by molar-refractivity contribution is 8.18. The molecule has 1 fully saturated rings. The standard InChI is InChI=1S/C20H19F3N2O4S/c1-24(2)9-10-25-18(26)17(30-19(25)27)11-13-7-8-16(29-13)14-5-3-4-6-15(14)28-12-20(21,22)23/h3-8,11H,9-10,12H2,1-2H3/b17-11-. The monoisotopic (exact) mass is 440 g/mol. The minimum Gasteiger partial charge on any atom is -0.483 e. The van der Waals surface area contributed by atoms with Crippen molar-refractivity contribution < 1.29 is 31.9 Å². The fourth-order valence-corrected chi connectivity index (χ4v) is 3.50. The van der Waals surface area contributed by atoms with Crippen LogP contribution in [-0.2, 0) is 4.79 Å². The number of benzene rings is 1. The molecule has 3 rings (SSSR count). The molecule has 1 aliphatic heterocycles. The number of furan rings is 1. The van der Waals surface area contributed by atoms with Crippen LogP contribution in [0, 0.1) is 0 Å². The fourth-order valence-electron chi connectivity index (χ4n) is 2.65. The van der Waals surface area contributed by atoms with Gasteiger partial charge in [0.05, 0.1) is 10.5 Å². The summed E-state index contributed by atoms with van der Waals surface area (Å²) in [7, 11) is 3.69. The summed E-state index contributed by atoms with van der Waals surface area (Å²) < 4.78 is 48.0. The van der Waals surface area contributed by atoms with Gasteiger partial charge >= 0.3 is 6.18 Å². The van der Waals surface area contributed by atoms with Gasteiger partial charge in [0, 0.05) is 19.2 Å². The Morgan fingerprint density at radius 1 is 1.17 bits per heavy atom. The number of imide groups is 1. The molecule has 10 heteroatoms. The molecule has 2 aromatic rings. The molecule has 0 saturated carbocycles. The highest BCUT2D eigenvalue weighted by Crippen LogP contribution is 2.35. The average molecular weight is 440 g/mol. The van der Waals surface area contributed by atoms with Crippen LogP contribution in [0.15, 0.2) is 45.7 Å². The highest BCUT2D eigenvalue weighted by Gasteiger charge is 2.35. The number of para-hydroxylation sites is 1. The van der Waals surface area contributed by atoms with E-state index < -0.39 is 18.7 Å². The molecule has 1 aromatic carbocycles. The van der Waals surface area contributed by atoms with Gasteiger partial charge < -0.3 is 14.1 Å². The Labute approximate surface area is 175 Å². The summed E-state index contributed by atoms with van der Waals surface area (Å²) in [5, 5.41) is -0.356. The van der Waals surface area contributed by atoms with E-state index in [0.29, 0.717) is 17.9 Å². The summed E-state index contributed by atoms with van der Waals surface area (Å²) in [5.74, 6) is 0.207. The van der Waals surface area contributed by atoms with Gasteiger partial charge in [-0.2, -0.15) is 13.2 Å². The molecule has 2 amide bonds. The van der Waals surface area contributed by atoms with Crippen LogP contribution in [-0.4, -0.2) is 60.9 Å². The second-order valence-electron chi connectivity index (χ2n) is 6.74. The SMILES string of the molecule is CN(C)CCN1C(=O)S/C(=C\c2ccc(-c3ccccc3OCC(F)(F)F)o2)C1=O. The molecule has 0 aliphatic carbocycles. The average Bonchev–Trinajstić information content (AvgIpc) is 3.23. The smallest absolute Gasteiger partial charge is 0.422 e. The molecule has 1 aromatic heterocycles. The second kappa shape index (κ2) is 8.97. The molecule has 0 radical (unpaired) electrons. The normalized spacial score (nSPS) is 16.2. The van der Waals surface area contributed by atoms with E-state index in [-0.39, 0.29) is 28.2 Å². The molecule has 6 nitrogen and oxygen atoms in total. The Balaban J connectivity index is 1.78. The van der Waals surface area contributed by atoms with Crippen LogP contribution in [0.5, 0.6) is 5.75 Å². The van der Waals surface area contributed by atoms with Gasteiger partial charge in [0.1, 0.15) is 17.3 Å². The highest BCUT2D eigenvalue weighted by atomic mass is 32.2. The maximum Gasteiger partial charge on any atom is 0.422 e. The van der Waals surface area contributed by atoms with E-state index in [1.165, 1.54) is 17.0 Å². The summed E-state index contributed by atoms with van der Waals surface area (Å²) in [6.07, 6.45) is -3.01. The van der Waals surface area contributed by atoms with Crippen LogP contribution < -0.4 is 4.74 Å². The van der Waals surface area contributed by atoms with Gasteiger partial charge in [0.25, 0.3) is 11.1 Å². The maximum atomic E-state index is 12.5. The van der Waals surface area contributed by atoms with Gasteiger partial charge in [-0.1, -0.05) is 12.1 Å². The number of ether oxygens (including phenoxy) is 1. The van der Waals surface area contributed by atoms with Gasteiger partial charge in [-0.05, 0) is 50.1 Å². The predicted molar refractivity (Wildman–Crippen MR) is 107 cm³/mol. The third kappa shape index (κ3) is 5.45. The number of amides is 2. The molecule has 0 unspecified atom stereocenters. The lowest BCUT2D eigenvalue weighted by Crippen LogP contribution is -2.34. The summed E-state index contributed by atoms with van der Waals surface area (Å²) in [5.41, 5.74) is 0.348. The number of hydrogen-bond donors (Lipinski definition) is 0. The van der Waals surface area contributed by atoms with E-state index in [2.05, 4.69) is 0 Å². The number of nitrogens with zero attached hydrogens (tertiary/aromatic N) is 2. The first-order valence-electron chi connectivity index (χ1n) is 8.93. The topological polar surface area (TPSA) is 63.0 Å². The number of rotatable bonds is 7. The first kappa shape index (κ1) is 22.0. The lowest BCUT2D eigenvalue weighted by molar-refractivity contribution is -0.153. The number of likely N-dealkylation sites (N-methyl/N-ethyl adjacent to an activating group) is 1. The summed E-state index contributed by atoms with van der Waals surface area (Å²) in [6.45, 7) is -0.592. The van der Waals surface area contributed by atoms with E-state index in [1.54, 1.807) is 30.3 Å². The van der Waals surface area contributed by atoms with Crippen molar-refractivity contribution in [1.82, 2.24) is 9.80 Å². The minimum atomic E-state index is -4.46. The third-order valence-corrected chi connectivity index (χ3v) is 5.00. The van der Waals surface area contributed by atoms with Crippen LogP contribution in [0.3, 0.4) is 0 Å². The van der Waals surface area contributed by atoms with Crippen molar-refractivity contribution in [3.63, 3.8) is 0 Å². The number of thioether (sulfide) groups is 1. The largest absolute Gasteiger partial charge is 0.483 e. The zero-order valence-electron chi connectivity index (χ0n) is 16.2. The molecule has 1 aliphatic rings. The quantitative estimate of drug-likeness (QED) is 0.592. The Morgan fingerprint density at radius 2 is 1.90 bits per heavy atom. The molecule has 0 spiro atoms. The lowest BCUT2D eigenvalue weighted by Gasteiger charge is -2.15. The van der Waals surface area contributed by atoms with Crippen LogP contribution >= 0.6 is 11.8 Å². The Hall–Kier alpha value is -2.72. The van der Waals surface area contributed by atoms with Crippen molar-refractivity contribution in [1.29, 1.82) is 0 Å². The first-order valence-corrected chi connectivity index (χ1v) is 9.74. The van der Waals surface area contributed by atoms with Gasteiger partial charge in [-0.3, -0.25) is 14.5 Å². The van der Waals surface area contributed by atoms with Crippen molar-refractivity contribution >= 4 is 29.0 Å². The summed E-state index contributed by atoms with van der Waals surface area (Å²) >= 11 is 0.818. The fraction of sp³-hybridized carbons (Fsp3) is 0.300. The number of carbonyl (C=O) groups excluding carboxylic acids is 2. The van der Waals surface area contributed by atoms with E-state index in [4.69, 9.17) is 9.15 Å². The molecule has 160 valence electrons. The zero-order valence-corrected chi connectivity index (χ0v) is 17.0. The van der Waals surface area contributed by atoms with Crippen molar-refractivity contribution in [2.75, 3.05) is 33.8 Å². The van der Waals surface area contributed by atoms with Gasteiger partial charge in [-0.15, -0.1) is 0 Å². The third-order valence-electron chi connectivity index (χ3n) is 4.09. The van der Waals surface area contributed by atoms with E-state index in [9.17, 15) is 22.8 Å². The van der Waals surface area contributed by atoms with E-state index in [0.717, 1.165) is 11.8 Å². The van der Waals surface area contributed by atoms with Crippen molar-refractivity contribution in [3.05, 3.63) is 47.1 Å². The van der Waals surface area contributed by atoms with E-state index in [1.807, 2.05) is 19.0 Å². The summed E-state index contributed by atoms with van der Waals surface area (Å²) in [4.78, 5) is 27.8. The Morgan fingerprint density at radius 3 is 2.60 bits per heavy atom. The number of alkyl halides is 3. The van der Waals surface area contributed by atoms with E-state index >= 15 is 0 Å². The first-order chi connectivity index (χ1) is 14.1. The zero-order chi connectivity index (χ0) is 21.9. The molecule has 2 heterocycles.